The fourth-order valence-electron chi connectivity index (χ4n) is 7.38. The van der Waals surface area contributed by atoms with Crippen LogP contribution in [0.15, 0.2) is 164 Å². The van der Waals surface area contributed by atoms with Crippen LogP contribution in [-0.2, 0) is 10.3 Å². The van der Waals surface area contributed by atoms with E-state index >= 15 is 0 Å². The summed E-state index contributed by atoms with van der Waals surface area (Å²) in [4.78, 5) is 13.6. The summed E-state index contributed by atoms with van der Waals surface area (Å²) in [5.74, 6) is 0.908. The largest absolute Gasteiger partial charge is 0.456 e. The second kappa shape index (κ2) is 12.3. The third-order valence-corrected chi connectivity index (χ3v) is 9.65. The van der Waals surface area contributed by atoms with Crippen molar-refractivity contribution in [3.05, 3.63) is 192 Å². The predicted octanol–water partition coefficient (Wildman–Crippen LogP) is 11.5. The van der Waals surface area contributed by atoms with Gasteiger partial charge in [-0.25, -0.2) is 4.79 Å². The summed E-state index contributed by atoms with van der Waals surface area (Å²) in [5, 5.41) is 11.3. The Hall–Kier alpha value is -6.79. The standard InChI is InChI=1S/C45H33N3O3/c1-29-37(28-38(46-31-18-7-3-8-19-31)43(47-32-20-9-4-10-21-32)41(29)30-16-5-2-6-17-30)48-36-25-15-27-40-42(36)45(35-24-13-14-26-39(35)50-40)34-23-12-11-22-33(34)44(49)51-45/h2-28,46-48H,1H3. The zero-order valence-electron chi connectivity index (χ0n) is 27.8. The summed E-state index contributed by atoms with van der Waals surface area (Å²) in [5.41, 5.74) is 10.2. The van der Waals surface area contributed by atoms with Crippen LogP contribution in [0.3, 0.4) is 0 Å². The number of anilines is 6. The summed E-state index contributed by atoms with van der Waals surface area (Å²) >= 11 is 0. The van der Waals surface area contributed by atoms with E-state index in [9.17, 15) is 4.79 Å². The third kappa shape index (κ3) is 5.08. The Morgan fingerprint density at radius 2 is 1.14 bits per heavy atom. The maximum atomic E-state index is 13.6. The van der Waals surface area contributed by atoms with E-state index in [2.05, 4.69) is 77.5 Å². The first-order chi connectivity index (χ1) is 25.1. The second-order valence-corrected chi connectivity index (χ2v) is 12.7. The number of hydrogen-bond donors (Lipinski definition) is 3. The molecule has 9 rings (SSSR count). The second-order valence-electron chi connectivity index (χ2n) is 12.7. The molecule has 1 atom stereocenters. The molecule has 0 aromatic heterocycles. The molecule has 0 aliphatic carbocycles. The Morgan fingerprint density at radius 3 is 1.88 bits per heavy atom. The molecule has 2 heterocycles. The van der Waals surface area contributed by atoms with Gasteiger partial charge in [-0.2, -0.15) is 0 Å². The first-order valence-electron chi connectivity index (χ1n) is 17.0. The van der Waals surface area contributed by atoms with Crippen molar-refractivity contribution in [3.63, 3.8) is 0 Å². The van der Waals surface area contributed by atoms with E-state index in [4.69, 9.17) is 9.47 Å². The molecular formula is C45H33N3O3. The number of para-hydroxylation sites is 3. The van der Waals surface area contributed by atoms with Gasteiger partial charge < -0.3 is 25.4 Å². The van der Waals surface area contributed by atoms with Crippen molar-refractivity contribution in [2.75, 3.05) is 16.0 Å². The minimum atomic E-state index is -1.21. The van der Waals surface area contributed by atoms with E-state index in [0.29, 0.717) is 17.1 Å². The van der Waals surface area contributed by atoms with Crippen molar-refractivity contribution >= 4 is 40.1 Å². The predicted molar refractivity (Wildman–Crippen MR) is 204 cm³/mol. The van der Waals surface area contributed by atoms with Crippen molar-refractivity contribution in [1.29, 1.82) is 0 Å². The van der Waals surface area contributed by atoms with Crippen LogP contribution in [0.1, 0.15) is 32.6 Å². The number of ether oxygens (including phenoxy) is 2. The zero-order chi connectivity index (χ0) is 34.4. The molecule has 0 bridgehead atoms. The van der Waals surface area contributed by atoms with Crippen molar-refractivity contribution in [2.24, 2.45) is 0 Å². The van der Waals surface area contributed by atoms with Crippen LogP contribution in [0.4, 0.5) is 34.1 Å². The maximum absolute atomic E-state index is 13.6. The molecule has 3 N–H and O–H groups in total. The molecule has 0 fully saturated rings. The number of carbonyl (C=O) groups excluding carboxylic acids is 1. The third-order valence-electron chi connectivity index (χ3n) is 9.65. The Labute approximate surface area is 296 Å². The van der Waals surface area contributed by atoms with Gasteiger partial charge in [-0.05, 0) is 72.6 Å². The average molecular weight is 664 g/mol. The molecule has 2 aliphatic heterocycles. The van der Waals surface area contributed by atoms with Gasteiger partial charge in [0.1, 0.15) is 11.5 Å². The van der Waals surface area contributed by atoms with Crippen LogP contribution in [-0.4, -0.2) is 5.97 Å². The number of esters is 1. The van der Waals surface area contributed by atoms with Crippen LogP contribution in [0.2, 0.25) is 0 Å². The summed E-state index contributed by atoms with van der Waals surface area (Å²) in [7, 11) is 0. The van der Waals surface area contributed by atoms with Crippen LogP contribution in [0, 0.1) is 6.92 Å². The normalized spacial score (nSPS) is 15.2. The highest BCUT2D eigenvalue weighted by Gasteiger charge is 2.54. The average Bonchev–Trinajstić information content (AvgIpc) is 3.46. The van der Waals surface area contributed by atoms with Crippen molar-refractivity contribution in [3.8, 4) is 22.6 Å². The molecule has 7 aromatic rings. The maximum Gasteiger partial charge on any atom is 0.340 e. The molecular weight excluding hydrogens is 631 g/mol. The van der Waals surface area contributed by atoms with E-state index in [1.165, 1.54) is 0 Å². The van der Waals surface area contributed by atoms with Crippen molar-refractivity contribution in [2.45, 2.75) is 12.5 Å². The number of carbonyl (C=O) groups is 1. The monoisotopic (exact) mass is 663 g/mol. The van der Waals surface area contributed by atoms with Crippen LogP contribution >= 0.6 is 0 Å². The topological polar surface area (TPSA) is 71.6 Å². The number of benzene rings is 7. The highest BCUT2D eigenvalue weighted by atomic mass is 16.6. The summed E-state index contributed by atoms with van der Waals surface area (Å²) in [6.45, 7) is 2.13. The summed E-state index contributed by atoms with van der Waals surface area (Å²) in [6.07, 6.45) is 0. The molecule has 1 unspecified atom stereocenters. The number of fused-ring (bicyclic) bond motifs is 6. The number of rotatable bonds is 7. The van der Waals surface area contributed by atoms with E-state index in [1.807, 2.05) is 109 Å². The van der Waals surface area contributed by atoms with Crippen molar-refractivity contribution < 1.29 is 14.3 Å². The van der Waals surface area contributed by atoms with Gasteiger partial charge in [0.05, 0.1) is 28.2 Å². The number of nitrogens with one attached hydrogen (secondary N) is 3. The van der Waals surface area contributed by atoms with Gasteiger partial charge in [0.2, 0.25) is 0 Å². The molecule has 6 heteroatoms. The smallest absolute Gasteiger partial charge is 0.340 e. The molecule has 0 amide bonds. The lowest BCUT2D eigenvalue weighted by Gasteiger charge is -2.38. The lowest BCUT2D eigenvalue weighted by atomic mass is 9.77. The molecule has 6 nitrogen and oxygen atoms in total. The molecule has 51 heavy (non-hydrogen) atoms. The van der Waals surface area contributed by atoms with Crippen LogP contribution in [0.5, 0.6) is 11.5 Å². The van der Waals surface area contributed by atoms with Crippen LogP contribution in [0.25, 0.3) is 11.1 Å². The van der Waals surface area contributed by atoms with E-state index in [-0.39, 0.29) is 5.97 Å². The van der Waals surface area contributed by atoms with Gasteiger partial charge >= 0.3 is 5.97 Å². The fraction of sp³-hybridized carbons (Fsp3) is 0.0444. The van der Waals surface area contributed by atoms with Gasteiger partial charge in [-0.15, -0.1) is 0 Å². The van der Waals surface area contributed by atoms with E-state index < -0.39 is 5.60 Å². The molecule has 7 aromatic carbocycles. The minimum absolute atomic E-state index is 0.365. The minimum Gasteiger partial charge on any atom is -0.456 e. The lowest BCUT2D eigenvalue weighted by molar-refractivity contribution is 0.0227. The molecule has 1 spiro atoms. The first-order valence-corrected chi connectivity index (χ1v) is 17.0. The van der Waals surface area contributed by atoms with E-state index in [1.54, 1.807) is 0 Å². The van der Waals surface area contributed by atoms with Gasteiger partial charge in [0, 0.05) is 33.8 Å². The van der Waals surface area contributed by atoms with Gasteiger partial charge in [0.15, 0.2) is 5.60 Å². The summed E-state index contributed by atoms with van der Waals surface area (Å²) < 4.78 is 13.1. The van der Waals surface area contributed by atoms with Gasteiger partial charge in [-0.1, -0.05) is 109 Å². The Kier molecular flexibility index (Phi) is 7.29. The quantitative estimate of drug-likeness (QED) is 0.147. The first kappa shape index (κ1) is 30.3. The molecule has 0 saturated carbocycles. The van der Waals surface area contributed by atoms with E-state index in [0.717, 1.165) is 67.5 Å². The summed E-state index contributed by atoms with van der Waals surface area (Å²) in [6, 6.07) is 54.3. The van der Waals surface area contributed by atoms with Crippen LogP contribution < -0.4 is 20.7 Å². The lowest BCUT2D eigenvalue weighted by Crippen LogP contribution is -2.33. The Bertz CT molecular complexity index is 2430. The fourth-order valence-corrected chi connectivity index (χ4v) is 7.38. The number of hydrogen-bond acceptors (Lipinski definition) is 6. The highest BCUT2D eigenvalue weighted by Crippen LogP contribution is 2.58. The Morgan fingerprint density at radius 1 is 0.529 bits per heavy atom. The Balaban J connectivity index is 1.27. The molecule has 2 aliphatic rings. The SMILES string of the molecule is Cc1c(Nc2cccc3c2C2(OC(=O)c4ccccc42)c2ccccc2O3)cc(Nc2ccccc2)c(Nc2ccccc2)c1-c1ccccc1. The zero-order valence-corrected chi connectivity index (χ0v) is 27.8. The van der Waals surface area contributed by atoms with Gasteiger partial charge in [-0.3, -0.25) is 0 Å². The molecule has 0 saturated heterocycles. The molecule has 246 valence electrons. The van der Waals surface area contributed by atoms with Crippen molar-refractivity contribution in [1.82, 2.24) is 0 Å². The highest BCUT2D eigenvalue weighted by molar-refractivity contribution is 5.99. The molecule has 0 radical (unpaired) electrons. The van der Waals surface area contributed by atoms with Gasteiger partial charge in [0.25, 0.3) is 0 Å².